The zero-order chi connectivity index (χ0) is 24.0. The molecule has 1 fully saturated rings. The third-order valence-electron chi connectivity index (χ3n) is 5.92. The molecule has 6 nitrogen and oxygen atoms in total. The summed E-state index contributed by atoms with van der Waals surface area (Å²) in [5.41, 5.74) is 3.65. The first kappa shape index (κ1) is 24.0. The third-order valence-corrected chi connectivity index (χ3v) is 7.83. The van der Waals surface area contributed by atoms with Crippen LogP contribution in [0, 0.1) is 6.92 Å². The molecule has 0 saturated carbocycles. The summed E-state index contributed by atoms with van der Waals surface area (Å²) in [6.45, 7) is 3.56. The Morgan fingerprint density at radius 1 is 0.941 bits per heavy atom. The highest BCUT2D eigenvalue weighted by Gasteiger charge is 2.26. The molecule has 0 bridgehead atoms. The molecule has 0 unspecified atom stereocenters. The number of sulfonamides is 1. The van der Waals surface area contributed by atoms with Crippen LogP contribution in [0.2, 0.25) is 0 Å². The number of amides is 1. The summed E-state index contributed by atoms with van der Waals surface area (Å²) in [4.78, 5) is 12.9. The van der Waals surface area contributed by atoms with Gasteiger partial charge < -0.3 is 10.1 Å². The van der Waals surface area contributed by atoms with Gasteiger partial charge in [0.05, 0.1) is 10.6 Å². The molecule has 1 amide bonds. The normalized spacial score (nSPS) is 14.1. The highest BCUT2D eigenvalue weighted by molar-refractivity contribution is 7.89. The number of anilines is 1. The number of nitrogens with one attached hydrogen (secondary N) is 1. The maximum absolute atomic E-state index is 12.7. The number of hydrogen-bond donors (Lipinski definition) is 1. The maximum Gasteiger partial charge on any atom is 0.243 e. The van der Waals surface area contributed by atoms with Gasteiger partial charge in [0.1, 0.15) is 12.4 Å². The van der Waals surface area contributed by atoms with Crippen molar-refractivity contribution in [3.63, 3.8) is 0 Å². The fourth-order valence-corrected chi connectivity index (χ4v) is 5.48. The molecule has 1 saturated heterocycles. The van der Waals surface area contributed by atoms with E-state index in [2.05, 4.69) is 5.32 Å². The number of aryl methyl sites for hydroxylation is 2. The summed E-state index contributed by atoms with van der Waals surface area (Å²) in [6.07, 6.45) is 2.62. The van der Waals surface area contributed by atoms with Crippen molar-refractivity contribution in [3.05, 3.63) is 89.5 Å². The predicted molar refractivity (Wildman–Crippen MR) is 133 cm³/mol. The minimum absolute atomic E-state index is 0.123. The molecule has 178 valence electrons. The molecular weight excluding hydrogens is 448 g/mol. The number of carbonyl (C=O) groups is 1. The van der Waals surface area contributed by atoms with Gasteiger partial charge in [-0.05, 0) is 67.1 Å². The van der Waals surface area contributed by atoms with Crippen molar-refractivity contribution in [3.8, 4) is 5.75 Å². The van der Waals surface area contributed by atoms with Crippen LogP contribution >= 0.6 is 0 Å². The quantitative estimate of drug-likeness (QED) is 0.473. The Balaban J connectivity index is 1.34. The number of hydrogen-bond acceptors (Lipinski definition) is 4. The van der Waals surface area contributed by atoms with Gasteiger partial charge in [0.25, 0.3) is 0 Å². The van der Waals surface area contributed by atoms with Gasteiger partial charge in [-0.3, -0.25) is 4.79 Å². The van der Waals surface area contributed by atoms with Crippen LogP contribution in [0.3, 0.4) is 0 Å². The van der Waals surface area contributed by atoms with Crippen molar-refractivity contribution in [1.29, 1.82) is 0 Å². The van der Waals surface area contributed by atoms with Crippen molar-refractivity contribution < 1.29 is 17.9 Å². The van der Waals surface area contributed by atoms with Gasteiger partial charge >= 0.3 is 0 Å². The van der Waals surface area contributed by atoms with E-state index in [9.17, 15) is 13.2 Å². The topological polar surface area (TPSA) is 75.7 Å². The first-order chi connectivity index (χ1) is 16.4. The van der Waals surface area contributed by atoms with Crippen LogP contribution in [0.5, 0.6) is 5.75 Å². The second-order valence-electron chi connectivity index (χ2n) is 8.58. The highest BCUT2D eigenvalue weighted by atomic mass is 32.2. The predicted octanol–water partition coefficient (Wildman–Crippen LogP) is 4.93. The Kier molecular flexibility index (Phi) is 7.65. The summed E-state index contributed by atoms with van der Waals surface area (Å²) in [7, 11) is -3.42. The first-order valence-electron chi connectivity index (χ1n) is 11.6. The lowest BCUT2D eigenvalue weighted by Gasteiger charge is -2.15. The number of rotatable bonds is 9. The van der Waals surface area contributed by atoms with Crippen molar-refractivity contribution >= 4 is 21.6 Å². The summed E-state index contributed by atoms with van der Waals surface area (Å²) in [5, 5.41) is 2.95. The Morgan fingerprint density at radius 2 is 1.65 bits per heavy atom. The molecule has 1 aliphatic rings. The van der Waals surface area contributed by atoms with E-state index in [-0.39, 0.29) is 12.3 Å². The molecule has 3 aromatic carbocycles. The van der Waals surface area contributed by atoms with Gasteiger partial charge in [-0.2, -0.15) is 4.31 Å². The van der Waals surface area contributed by atoms with Gasteiger partial charge in [-0.15, -0.1) is 0 Å². The van der Waals surface area contributed by atoms with Crippen LogP contribution in [0.25, 0.3) is 0 Å². The first-order valence-corrected chi connectivity index (χ1v) is 13.0. The molecule has 7 heteroatoms. The molecule has 1 N–H and O–H groups in total. The van der Waals surface area contributed by atoms with E-state index >= 15 is 0 Å². The largest absolute Gasteiger partial charge is 0.487 e. The molecule has 0 aromatic heterocycles. The molecule has 4 rings (SSSR count). The minimum Gasteiger partial charge on any atom is -0.487 e. The fourth-order valence-electron chi connectivity index (χ4n) is 3.96. The van der Waals surface area contributed by atoms with Gasteiger partial charge in [-0.25, -0.2) is 8.42 Å². The van der Waals surface area contributed by atoms with Gasteiger partial charge in [-0.1, -0.05) is 48.5 Å². The van der Waals surface area contributed by atoms with Gasteiger partial charge in [0.2, 0.25) is 15.9 Å². The number of benzene rings is 3. The van der Waals surface area contributed by atoms with Crippen molar-refractivity contribution in [2.45, 2.75) is 44.1 Å². The molecule has 1 heterocycles. The minimum atomic E-state index is -3.42. The van der Waals surface area contributed by atoms with E-state index in [1.54, 1.807) is 24.3 Å². The molecule has 0 spiro atoms. The zero-order valence-corrected chi connectivity index (χ0v) is 20.2. The number of nitrogens with zero attached hydrogens (tertiary/aromatic N) is 1. The van der Waals surface area contributed by atoms with E-state index in [0.717, 1.165) is 29.5 Å². The lowest BCUT2D eigenvalue weighted by Crippen LogP contribution is -2.27. The SMILES string of the molecule is Cc1ccc(NC(=O)CCc2ccc(S(=O)(=O)N3CCCC3)cc2)c(OCc2ccccc2)c1. The molecule has 34 heavy (non-hydrogen) atoms. The summed E-state index contributed by atoms with van der Waals surface area (Å²) in [6, 6.07) is 22.4. The molecule has 0 atom stereocenters. The van der Waals surface area contributed by atoms with Crippen LogP contribution in [-0.4, -0.2) is 31.7 Å². The molecule has 3 aromatic rings. The number of ether oxygens (including phenoxy) is 1. The van der Waals surface area contributed by atoms with E-state index in [1.807, 2.05) is 55.5 Å². The van der Waals surface area contributed by atoms with E-state index in [1.165, 1.54) is 4.31 Å². The van der Waals surface area contributed by atoms with Crippen LogP contribution in [-0.2, 0) is 27.8 Å². The van der Waals surface area contributed by atoms with E-state index in [0.29, 0.717) is 42.4 Å². The average Bonchev–Trinajstić information content (AvgIpc) is 3.40. The van der Waals surface area contributed by atoms with Crippen LogP contribution < -0.4 is 10.1 Å². The van der Waals surface area contributed by atoms with Crippen LogP contribution in [0.1, 0.15) is 36.0 Å². The summed E-state index contributed by atoms with van der Waals surface area (Å²) in [5.74, 6) is 0.510. The standard InChI is InChI=1S/C27H30N2O4S/c1-21-9-15-25(26(19-21)33-20-23-7-3-2-4-8-23)28-27(30)16-12-22-10-13-24(14-11-22)34(31,32)29-17-5-6-18-29/h2-4,7-11,13-15,19H,5-6,12,16-18,20H2,1H3,(H,28,30). The van der Waals surface area contributed by atoms with Crippen LogP contribution in [0.4, 0.5) is 5.69 Å². The fraction of sp³-hybridized carbons (Fsp3) is 0.296. The summed E-state index contributed by atoms with van der Waals surface area (Å²) < 4.78 is 32.8. The zero-order valence-electron chi connectivity index (χ0n) is 19.4. The van der Waals surface area contributed by atoms with Crippen molar-refractivity contribution in [1.82, 2.24) is 4.31 Å². The lowest BCUT2D eigenvalue weighted by atomic mass is 10.1. The monoisotopic (exact) mass is 478 g/mol. The molecular formula is C27H30N2O4S. The Hall–Kier alpha value is -3.16. The van der Waals surface area contributed by atoms with Gasteiger partial charge in [0.15, 0.2) is 0 Å². The Morgan fingerprint density at radius 3 is 2.35 bits per heavy atom. The molecule has 0 aliphatic carbocycles. The average molecular weight is 479 g/mol. The lowest BCUT2D eigenvalue weighted by molar-refractivity contribution is -0.116. The van der Waals surface area contributed by atoms with Crippen molar-refractivity contribution in [2.24, 2.45) is 0 Å². The Labute approximate surface area is 201 Å². The maximum atomic E-state index is 12.7. The third kappa shape index (κ3) is 6.04. The highest BCUT2D eigenvalue weighted by Crippen LogP contribution is 2.27. The second kappa shape index (κ2) is 10.8. The van der Waals surface area contributed by atoms with E-state index < -0.39 is 10.0 Å². The second-order valence-corrected chi connectivity index (χ2v) is 10.5. The number of carbonyl (C=O) groups excluding carboxylic acids is 1. The van der Waals surface area contributed by atoms with E-state index in [4.69, 9.17) is 4.74 Å². The smallest absolute Gasteiger partial charge is 0.243 e. The van der Waals surface area contributed by atoms with Gasteiger partial charge in [0, 0.05) is 19.5 Å². The Bertz CT molecular complexity index is 1220. The van der Waals surface area contributed by atoms with Crippen LogP contribution in [0.15, 0.2) is 77.7 Å². The molecule has 0 radical (unpaired) electrons. The summed E-state index contributed by atoms with van der Waals surface area (Å²) >= 11 is 0. The van der Waals surface area contributed by atoms with Crippen molar-refractivity contribution in [2.75, 3.05) is 18.4 Å². The molecule has 1 aliphatic heterocycles.